The van der Waals surface area contributed by atoms with Gasteiger partial charge in [0.2, 0.25) is 0 Å². The SMILES string of the molecule is O=Cc1c(I)ccn(C2CC2)c1=O. The Morgan fingerprint density at radius 2 is 2.23 bits per heavy atom. The number of pyridine rings is 1. The summed E-state index contributed by atoms with van der Waals surface area (Å²) in [5.74, 6) is 0. The zero-order chi connectivity index (χ0) is 9.42. The van der Waals surface area contributed by atoms with Gasteiger partial charge in [0, 0.05) is 15.8 Å². The topological polar surface area (TPSA) is 39.1 Å². The maximum Gasteiger partial charge on any atom is 0.262 e. The Hall–Kier alpha value is -0.650. The van der Waals surface area contributed by atoms with E-state index in [4.69, 9.17) is 0 Å². The van der Waals surface area contributed by atoms with Gasteiger partial charge >= 0.3 is 0 Å². The van der Waals surface area contributed by atoms with Gasteiger partial charge in [-0.05, 0) is 41.5 Å². The van der Waals surface area contributed by atoms with E-state index in [0.29, 0.717) is 12.3 Å². The fourth-order valence-electron chi connectivity index (χ4n) is 1.29. The van der Waals surface area contributed by atoms with Crippen LogP contribution in [0.5, 0.6) is 0 Å². The lowest BCUT2D eigenvalue weighted by Gasteiger charge is -2.04. The molecular weight excluding hydrogens is 281 g/mol. The summed E-state index contributed by atoms with van der Waals surface area (Å²) in [6.45, 7) is 0. The van der Waals surface area contributed by atoms with Crippen LogP contribution in [-0.2, 0) is 0 Å². The maximum absolute atomic E-state index is 11.6. The van der Waals surface area contributed by atoms with Crippen LogP contribution in [0.3, 0.4) is 0 Å². The molecule has 3 nitrogen and oxygen atoms in total. The molecule has 1 heterocycles. The van der Waals surface area contributed by atoms with Gasteiger partial charge in [-0.25, -0.2) is 0 Å². The standard InChI is InChI=1S/C9H8INO2/c10-8-3-4-11(6-1-2-6)9(13)7(8)5-12/h3-6H,1-2H2. The first-order chi connectivity index (χ1) is 6.24. The molecule has 0 aromatic carbocycles. The van der Waals surface area contributed by atoms with Gasteiger partial charge in [0.1, 0.15) is 0 Å². The van der Waals surface area contributed by atoms with Gasteiger partial charge in [-0.1, -0.05) is 0 Å². The Morgan fingerprint density at radius 3 is 2.77 bits per heavy atom. The van der Waals surface area contributed by atoms with E-state index < -0.39 is 0 Å². The Kier molecular flexibility index (Phi) is 2.23. The van der Waals surface area contributed by atoms with E-state index in [1.807, 2.05) is 28.7 Å². The van der Waals surface area contributed by atoms with Crippen molar-refractivity contribution in [2.75, 3.05) is 0 Å². The number of carbonyl (C=O) groups is 1. The third kappa shape index (κ3) is 1.54. The highest BCUT2D eigenvalue weighted by Crippen LogP contribution is 2.33. The molecule has 2 rings (SSSR count). The predicted molar refractivity (Wildman–Crippen MR) is 57.1 cm³/mol. The van der Waals surface area contributed by atoms with Gasteiger partial charge in [-0.3, -0.25) is 9.59 Å². The lowest BCUT2D eigenvalue weighted by molar-refractivity contribution is 0.112. The third-order valence-electron chi connectivity index (χ3n) is 2.16. The summed E-state index contributed by atoms with van der Waals surface area (Å²) in [4.78, 5) is 22.3. The quantitative estimate of drug-likeness (QED) is 0.613. The molecule has 1 fully saturated rings. The van der Waals surface area contributed by atoms with Crippen LogP contribution >= 0.6 is 22.6 Å². The minimum absolute atomic E-state index is 0.149. The van der Waals surface area contributed by atoms with Crippen molar-refractivity contribution < 1.29 is 4.79 Å². The van der Waals surface area contributed by atoms with Crippen LogP contribution in [0.25, 0.3) is 0 Å². The molecule has 4 heteroatoms. The molecule has 13 heavy (non-hydrogen) atoms. The number of aldehydes is 1. The van der Waals surface area contributed by atoms with Crippen LogP contribution in [0.15, 0.2) is 17.1 Å². The summed E-state index contributed by atoms with van der Waals surface area (Å²) in [5.41, 5.74) is 0.138. The second-order valence-corrected chi connectivity index (χ2v) is 4.30. The monoisotopic (exact) mass is 289 g/mol. The van der Waals surface area contributed by atoms with E-state index >= 15 is 0 Å². The number of nitrogens with zero attached hydrogens (tertiary/aromatic N) is 1. The molecule has 0 radical (unpaired) electrons. The van der Waals surface area contributed by atoms with Gasteiger partial charge in [-0.15, -0.1) is 0 Å². The van der Waals surface area contributed by atoms with Crippen LogP contribution in [0.4, 0.5) is 0 Å². The van der Waals surface area contributed by atoms with E-state index in [1.165, 1.54) is 0 Å². The van der Waals surface area contributed by atoms with E-state index in [0.717, 1.165) is 16.4 Å². The molecule has 1 aromatic rings. The number of hydrogen-bond acceptors (Lipinski definition) is 2. The van der Waals surface area contributed by atoms with Crippen LogP contribution in [0, 0.1) is 3.57 Å². The highest BCUT2D eigenvalue weighted by molar-refractivity contribution is 14.1. The van der Waals surface area contributed by atoms with Crippen molar-refractivity contribution in [1.29, 1.82) is 0 Å². The van der Waals surface area contributed by atoms with Crippen LogP contribution < -0.4 is 5.56 Å². The Bertz CT molecular complexity index is 407. The molecule has 68 valence electrons. The first-order valence-corrected chi connectivity index (χ1v) is 5.17. The molecular formula is C9H8INO2. The minimum atomic E-state index is -0.149. The van der Waals surface area contributed by atoms with Gasteiger partial charge in [0.25, 0.3) is 5.56 Å². The molecule has 0 unspecified atom stereocenters. The van der Waals surface area contributed by atoms with Crippen molar-refractivity contribution in [3.63, 3.8) is 0 Å². The van der Waals surface area contributed by atoms with Crippen molar-refractivity contribution in [2.45, 2.75) is 18.9 Å². The summed E-state index contributed by atoms with van der Waals surface area (Å²) < 4.78 is 2.39. The minimum Gasteiger partial charge on any atom is -0.312 e. The summed E-state index contributed by atoms with van der Waals surface area (Å²) in [6.07, 6.45) is 4.52. The molecule has 0 spiro atoms. The van der Waals surface area contributed by atoms with Crippen LogP contribution in [-0.4, -0.2) is 10.9 Å². The largest absolute Gasteiger partial charge is 0.312 e. The predicted octanol–water partition coefficient (Wildman–Crippen LogP) is 1.60. The van der Waals surface area contributed by atoms with Gasteiger partial charge in [0.05, 0.1) is 5.56 Å². The fourth-order valence-corrected chi connectivity index (χ4v) is 1.81. The maximum atomic E-state index is 11.6. The highest BCUT2D eigenvalue weighted by Gasteiger charge is 2.25. The first kappa shape index (κ1) is 8.93. The van der Waals surface area contributed by atoms with Crippen molar-refractivity contribution in [2.24, 2.45) is 0 Å². The summed E-state index contributed by atoms with van der Waals surface area (Å²) in [5, 5.41) is 0. The molecule has 1 saturated carbocycles. The lowest BCUT2D eigenvalue weighted by Crippen LogP contribution is -2.23. The van der Waals surface area contributed by atoms with E-state index in [-0.39, 0.29) is 11.1 Å². The number of aromatic nitrogens is 1. The van der Waals surface area contributed by atoms with Gasteiger partial charge in [0.15, 0.2) is 6.29 Å². The molecule has 1 aliphatic rings. The van der Waals surface area contributed by atoms with Gasteiger partial charge < -0.3 is 4.57 Å². The van der Waals surface area contributed by atoms with Crippen molar-refractivity contribution in [3.05, 3.63) is 31.8 Å². The second-order valence-electron chi connectivity index (χ2n) is 3.14. The molecule has 0 N–H and O–H groups in total. The Labute approximate surface area is 88.9 Å². The average Bonchev–Trinajstić information content (AvgIpc) is 2.88. The van der Waals surface area contributed by atoms with E-state index in [1.54, 1.807) is 10.8 Å². The summed E-state index contributed by atoms with van der Waals surface area (Å²) >= 11 is 2.00. The normalized spacial score (nSPS) is 15.8. The lowest BCUT2D eigenvalue weighted by atomic mass is 10.3. The molecule has 1 aromatic heterocycles. The average molecular weight is 289 g/mol. The zero-order valence-electron chi connectivity index (χ0n) is 6.87. The molecule has 0 saturated heterocycles. The number of carbonyl (C=O) groups excluding carboxylic acids is 1. The molecule has 0 aliphatic heterocycles. The fraction of sp³-hybridized carbons (Fsp3) is 0.333. The van der Waals surface area contributed by atoms with Crippen molar-refractivity contribution in [1.82, 2.24) is 4.57 Å². The zero-order valence-corrected chi connectivity index (χ0v) is 9.02. The second kappa shape index (κ2) is 3.25. The van der Waals surface area contributed by atoms with Crippen LogP contribution in [0.2, 0.25) is 0 Å². The molecule has 1 aliphatic carbocycles. The molecule has 0 atom stereocenters. The third-order valence-corrected chi connectivity index (χ3v) is 3.10. The number of halogens is 1. The summed E-state index contributed by atoms with van der Waals surface area (Å²) in [6, 6.07) is 2.15. The van der Waals surface area contributed by atoms with E-state index in [9.17, 15) is 9.59 Å². The van der Waals surface area contributed by atoms with Crippen molar-refractivity contribution >= 4 is 28.9 Å². The highest BCUT2D eigenvalue weighted by atomic mass is 127. The van der Waals surface area contributed by atoms with E-state index in [2.05, 4.69) is 0 Å². The van der Waals surface area contributed by atoms with Gasteiger partial charge in [-0.2, -0.15) is 0 Å². The molecule has 0 bridgehead atoms. The number of rotatable bonds is 2. The molecule has 0 amide bonds. The van der Waals surface area contributed by atoms with Crippen LogP contribution in [0.1, 0.15) is 29.2 Å². The number of hydrogen-bond donors (Lipinski definition) is 0. The Morgan fingerprint density at radius 1 is 1.54 bits per heavy atom. The Balaban J connectivity index is 2.61. The summed E-state index contributed by atoms with van der Waals surface area (Å²) in [7, 11) is 0. The van der Waals surface area contributed by atoms with Crippen molar-refractivity contribution in [3.8, 4) is 0 Å². The first-order valence-electron chi connectivity index (χ1n) is 4.10. The smallest absolute Gasteiger partial charge is 0.262 e.